The van der Waals surface area contributed by atoms with Crippen molar-refractivity contribution in [1.29, 1.82) is 0 Å². The third-order valence-corrected chi connectivity index (χ3v) is 5.85. The van der Waals surface area contributed by atoms with Crippen molar-refractivity contribution in [2.75, 3.05) is 12.4 Å². The van der Waals surface area contributed by atoms with E-state index < -0.39 is 18.2 Å². The number of amides is 2. The highest BCUT2D eigenvalue weighted by atomic mass is 16.5. The van der Waals surface area contributed by atoms with Gasteiger partial charge in [0.25, 0.3) is 5.91 Å². The first-order valence-corrected chi connectivity index (χ1v) is 11.8. The topological polar surface area (TPSA) is 83.0 Å². The largest absolute Gasteiger partial charge is 0.445 e. The molecule has 0 radical (unpaired) electrons. The van der Waals surface area contributed by atoms with E-state index in [1.165, 1.54) is 19.3 Å². The molecule has 0 bridgehead atoms. The third-order valence-electron chi connectivity index (χ3n) is 5.85. The molecule has 2 N–H and O–H groups in total. The van der Waals surface area contributed by atoms with Gasteiger partial charge in [-0.3, -0.25) is 10.1 Å². The number of carbonyl (C=O) groups is 2. The van der Waals surface area contributed by atoms with Crippen molar-refractivity contribution in [3.05, 3.63) is 65.7 Å². The summed E-state index contributed by atoms with van der Waals surface area (Å²) >= 11 is 0. The molecule has 1 fully saturated rings. The molecule has 2 amide bonds. The highest BCUT2D eigenvalue weighted by molar-refractivity contribution is 6.11. The highest BCUT2D eigenvalue weighted by Crippen LogP contribution is 2.27. The SMILES string of the molecule is CC.CN(C1=NC(NC(=O)OCc2ccccc2)C(=O)Nc2ccccc21)C1CCCCC1. The van der Waals surface area contributed by atoms with Crippen molar-refractivity contribution in [3.63, 3.8) is 0 Å². The van der Waals surface area contributed by atoms with Crippen LogP contribution >= 0.6 is 0 Å². The molecule has 176 valence electrons. The Morgan fingerprint density at radius 3 is 2.45 bits per heavy atom. The number of nitrogens with zero attached hydrogens (tertiary/aromatic N) is 2. The second kappa shape index (κ2) is 12.0. The second-order valence-electron chi connectivity index (χ2n) is 8.00. The van der Waals surface area contributed by atoms with Crippen LogP contribution in [0.2, 0.25) is 0 Å². The summed E-state index contributed by atoms with van der Waals surface area (Å²) < 4.78 is 5.30. The molecule has 1 aliphatic heterocycles. The van der Waals surface area contributed by atoms with Gasteiger partial charge in [0.15, 0.2) is 0 Å². The number of ether oxygens (including phenoxy) is 1. The minimum Gasteiger partial charge on any atom is -0.445 e. The van der Waals surface area contributed by atoms with Crippen molar-refractivity contribution in [1.82, 2.24) is 10.2 Å². The summed E-state index contributed by atoms with van der Waals surface area (Å²) in [7, 11) is 2.02. The molecule has 0 spiro atoms. The first-order chi connectivity index (χ1) is 16.1. The van der Waals surface area contributed by atoms with Crippen molar-refractivity contribution < 1.29 is 14.3 Å². The van der Waals surface area contributed by atoms with Gasteiger partial charge in [-0.15, -0.1) is 0 Å². The van der Waals surface area contributed by atoms with Crippen LogP contribution in [-0.2, 0) is 16.1 Å². The zero-order chi connectivity index (χ0) is 23.6. The van der Waals surface area contributed by atoms with E-state index in [-0.39, 0.29) is 6.61 Å². The van der Waals surface area contributed by atoms with Crippen LogP contribution in [0.5, 0.6) is 0 Å². The summed E-state index contributed by atoms with van der Waals surface area (Å²) in [6, 6.07) is 17.4. The molecule has 33 heavy (non-hydrogen) atoms. The summed E-state index contributed by atoms with van der Waals surface area (Å²) in [6.45, 7) is 4.12. The molecule has 2 aromatic rings. The third kappa shape index (κ3) is 6.34. The quantitative estimate of drug-likeness (QED) is 0.692. The van der Waals surface area contributed by atoms with E-state index >= 15 is 0 Å². The van der Waals surface area contributed by atoms with Crippen molar-refractivity contribution in [2.45, 2.75) is 64.8 Å². The number of benzene rings is 2. The number of fused-ring (bicyclic) bond motifs is 1. The number of amidine groups is 1. The molecule has 7 heteroatoms. The zero-order valence-corrected chi connectivity index (χ0v) is 19.7. The number of hydrogen-bond donors (Lipinski definition) is 2. The number of benzodiazepines with no additional fused rings is 1. The van der Waals surface area contributed by atoms with E-state index in [1.54, 1.807) is 0 Å². The molecular formula is C26H34N4O3. The van der Waals surface area contributed by atoms with Crippen LogP contribution in [0.1, 0.15) is 57.1 Å². The summed E-state index contributed by atoms with van der Waals surface area (Å²) in [5.74, 6) is 0.311. The Hall–Kier alpha value is -3.35. The Bertz CT molecular complexity index is 955. The highest BCUT2D eigenvalue weighted by Gasteiger charge is 2.30. The summed E-state index contributed by atoms with van der Waals surface area (Å²) in [6.07, 6.45) is 4.07. The normalized spacial score (nSPS) is 17.8. The van der Waals surface area contributed by atoms with Crippen LogP contribution < -0.4 is 10.6 Å². The van der Waals surface area contributed by atoms with Gasteiger partial charge < -0.3 is 15.0 Å². The molecule has 0 aromatic heterocycles. The molecule has 1 atom stereocenters. The van der Waals surface area contributed by atoms with Gasteiger partial charge >= 0.3 is 6.09 Å². The summed E-state index contributed by atoms with van der Waals surface area (Å²) in [5.41, 5.74) is 2.42. The van der Waals surface area contributed by atoms with Crippen molar-refractivity contribution in [2.24, 2.45) is 4.99 Å². The van der Waals surface area contributed by atoms with Crippen molar-refractivity contribution in [3.8, 4) is 0 Å². The van der Waals surface area contributed by atoms with Crippen LogP contribution in [0.3, 0.4) is 0 Å². The monoisotopic (exact) mass is 450 g/mol. The number of aliphatic imine (C=N–C) groups is 1. The summed E-state index contributed by atoms with van der Waals surface area (Å²) in [5, 5.41) is 5.50. The number of para-hydroxylation sites is 1. The van der Waals surface area contributed by atoms with Gasteiger partial charge in [0, 0.05) is 18.7 Å². The van der Waals surface area contributed by atoms with Gasteiger partial charge in [0.05, 0.1) is 5.69 Å². The Morgan fingerprint density at radius 2 is 1.73 bits per heavy atom. The van der Waals surface area contributed by atoms with Crippen molar-refractivity contribution >= 4 is 23.5 Å². The lowest BCUT2D eigenvalue weighted by Crippen LogP contribution is -2.44. The van der Waals surface area contributed by atoms with Gasteiger partial charge in [0.2, 0.25) is 6.17 Å². The first-order valence-electron chi connectivity index (χ1n) is 11.8. The zero-order valence-electron chi connectivity index (χ0n) is 19.7. The molecule has 1 saturated carbocycles. The van der Waals surface area contributed by atoms with Crippen LogP contribution in [-0.4, -0.2) is 42.0 Å². The van der Waals surface area contributed by atoms with Gasteiger partial charge in [-0.2, -0.15) is 0 Å². The van der Waals surface area contributed by atoms with E-state index in [4.69, 9.17) is 4.74 Å². The number of rotatable bonds is 4. The van der Waals surface area contributed by atoms with E-state index in [2.05, 4.69) is 20.5 Å². The van der Waals surface area contributed by atoms with E-state index in [1.807, 2.05) is 75.5 Å². The summed E-state index contributed by atoms with van der Waals surface area (Å²) in [4.78, 5) is 32.1. The van der Waals surface area contributed by atoms with Gasteiger partial charge in [-0.1, -0.05) is 75.6 Å². The number of hydrogen-bond acceptors (Lipinski definition) is 5. The molecule has 0 saturated heterocycles. The first kappa shape index (κ1) is 24.3. The van der Waals surface area contributed by atoms with Gasteiger partial charge in [0.1, 0.15) is 12.4 Å². The lowest BCUT2D eigenvalue weighted by atomic mass is 9.94. The van der Waals surface area contributed by atoms with E-state index in [0.29, 0.717) is 17.6 Å². The fraction of sp³-hybridized carbons (Fsp3) is 0.423. The molecule has 7 nitrogen and oxygen atoms in total. The van der Waals surface area contributed by atoms with E-state index in [0.717, 1.165) is 24.0 Å². The average molecular weight is 451 g/mol. The van der Waals surface area contributed by atoms with Crippen LogP contribution in [0.15, 0.2) is 59.6 Å². The molecule has 2 aliphatic rings. The lowest BCUT2D eigenvalue weighted by molar-refractivity contribution is -0.117. The second-order valence-corrected chi connectivity index (χ2v) is 8.00. The maximum absolute atomic E-state index is 12.8. The molecule has 1 aliphatic carbocycles. The van der Waals surface area contributed by atoms with Crippen LogP contribution in [0.25, 0.3) is 0 Å². The smallest absolute Gasteiger partial charge is 0.409 e. The molecule has 1 unspecified atom stereocenters. The number of carbonyl (C=O) groups excluding carboxylic acids is 2. The Morgan fingerprint density at radius 1 is 1.06 bits per heavy atom. The van der Waals surface area contributed by atoms with Crippen LogP contribution in [0.4, 0.5) is 10.5 Å². The van der Waals surface area contributed by atoms with E-state index in [9.17, 15) is 9.59 Å². The Kier molecular flexibility index (Phi) is 8.87. The fourth-order valence-corrected chi connectivity index (χ4v) is 4.14. The number of alkyl carbamates (subject to hydrolysis) is 1. The standard InChI is InChI=1S/C24H28N4O3.C2H6/c1-28(18-12-6-3-7-13-18)22-19-14-8-9-15-20(19)25-23(29)21(26-22)27-24(30)31-16-17-10-4-2-5-11-17;1-2/h2,4-5,8-11,14-15,18,21H,3,6-7,12-13,16H2,1H3,(H,25,29)(H,27,30);1-2H3. The predicted molar refractivity (Wildman–Crippen MR) is 131 cm³/mol. The Balaban J connectivity index is 0.00000149. The lowest BCUT2D eigenvalue weighted by Gasteiger charge is -2.34. The molecule has 2 aromatic carbocycles. The van der Waals surface area contributed by atoms with Gasteiger partial charge in [-0.05, 0) is 30.5 Å². The number of anilines is 1. The van der Waals surface area contributed by atoms with Crippen LogP contribution in [0, 0.1) is 0 Å². The minimum atomic E-state index is -1.07. The molecule has 4 rings (SSSR count). The molecule has 1 heterocycles. The maximum Gasteiger partial charge on any atom is 0.409 e. The molecular weight excluding hydrogens is 416 g/mol. The minimum absolute atomic E-state index is 0.125. The predicted octanol–water partition coefficient (Wildman–Crippen LogP) is 4.93. The Labute approximate surface area is 196 Å². The fourth-order valence-electron chi connectivity index (χ4n) is 4.14. The van der Waals surface area contributed by atoms with Gasteiger partial charge in [-0.25, -0.2) is 9.79 Å². The average Bonchev–Trinajstić information content (AvgIpc) is 3.01. The maximum atomic E-state index is 12.8. The number of nitrogens with one attached hydrogen (secondary N) is 2.